The average molecular weight is 618 g/mol. The van der Waals surface area contributed by atoms with Crippen molar-refractivity contribution in [2.75, 3.05) is 24.9 Å². The van der Waals surface area contributed by atoms with E-state index in [9.17, 15) is 50.2 Å². The standard InChI is InChI=1S/C27H21F7N2O7/c1-41-21(37)24(40,26(29,30)31)15-3-9-18(10-4-15)35-23(39)36-19-11-5-16(6-12-19)25(22(38)42-2,27(32,33)34)43-20-13-7-17(28)8-14-20/h3-14,40H,1-2H3,(H2,35,36,39). The van der Waals surface area contributed by atoms with Gasteiger partial charge in [-0.1, -0.05) is 24.3 Å². The zero-order valence-electron chi connectivity index (χ0n) is 22.0. The number of rotatable bonds is 8. The molecule has 0 saturated heterocycles. The van der Waals surface area contributed by atoms with Crippen LogP contribution in [0.5, 0.6) is 5.75 Å². The molecule has 0 aliphatic rings. The van der Waals surface area contributed by atoms with E-state index in [-0.39, 0.29) is 11.4 Å². The van der Waals surface area contributed by atoms with Crippen molar-refractivity contribution in [2.45, 2.75) is 23.6 Å². The van der Waals surface area contributed by atoms with Crippen LogP contribution in [0.1, 0.15) is 11.1 Å². The first-order chi connectivity index (χ1) is 20.0. The second-order valence-corrected chi connectivity index (χ2v) is 8.66. The Labute approximate surface area is 238 Å². The number of esters is 2. The minimum Gasteiger partial charge on any atom is -0.466 e. The Hall–Kier alpha value is -4.86. The molecule has 3 aromatic rings. The number of alkyl halides is 6. The molecule has 0 aromatic heterocycles. The minimum atomic E-state index is -5.43. The maximum atomic E-state index is 14.4. The smallest absolute Gasteiger partial charge is 0.444 e. The van der Waals surface area contributed by atoms with E-state index in [2.05, 4.69) is 20.1 Å². The van der Waals surface area contributed by atoms with Crippen LogP contribution in [0, 0.1) is 5.82 Å². The molecule has 2 unspecified atom stereocenters. The molecule has 43 heavy (non-hydrogen) atoms. The van der Waals surface area contributed by atoms with E-state index < -0.39 is 64.2 Å². The van der Waals surface area contributed by atoms with Gasteiger partial charge in [-0.25, -0.2) is 18.8 Å². The third-order valence-corrected chi connectivity index (χ3v) is 5.96. The minimum absolute atomic E-state index is 0.0854. The molecule has 2 amide bonds. The van der Waals surface area contributed by atoms with Crippen molar-refractivity contribution in [1.82, 2.24) is 0 Å². The number of carbonyl (C=O) groups is 3. The summed E-state index contributed by atoms with van der Waals surface area (Å²) < 4.78 is 110. The lowest BCUT2D eigenvalue weighted by Gasteiger charge is -2.33. The molecular formula is C27H21F7N2O7. The highest BCUT2D eigenvalue weighted by atomic mass is 19.4. The van der Waals surface area contributed by atoms with Crippen LogP contribution in [0.15, 0.2) is 72.8 Å². The van der Waals surface area contributed by atoms with E-state index in [0.717, 1.165) is 72.8 Å². The van der Waals surface area contributed by atoms with E-state index in [4.69, 9.17) is 4.74 Å². The van der Waals surface area contributed by atoms with Gasteiger partial charge in [-0.2, -0.15) is 26.3 Å². The number of hydrogen-bond donors (Lipinski definition) is 3. The molecule has 230 valence electrons. The van der Waals surface area contributed by atoms with Crippen LogP contribution in [-0.4, -0.2) is 49.6 Å². The Morgan fingerprint density at radius 2 is 1.09 bits per heavy atom. The molecule has 2 atom stereocenters. The fourth-order valence-electron chi connectivity index (χ4n) is 3.80. The fraction of sp³-hybridized carbons (Fsp3) is 0.222. The largest absolute Gasteiger partial charge is 0.466 e. The predicted molar refractivity (Wildman–Crippen MR) is 134 cm³/mol. The van der Waals surface area contributed by atoms with Crippen molar-refractivity contribution < 1.29 is 64.4 Å². The van der Waals surface area contributed by atoms with Crippen molar-refractivity contribution in [1.29, 1.82) is 0 Å². The van der Waals surface area contributed by atoms with Crippen LogP contribution in [0.3, 0.4) is 0 Å². The molecule has 0 radical (unpaired) electrons. The topological polar surface area (TPSA) is 123 Å². The van der Waals surface area contributed by atoms with Gasteiger partial charge in [0.1, 0.15) is 11.6 Å². The molecule has 0 heterocycles. The number of halogens is 7. The molecule has 16 heteroatoms. The Morgan fingerprint density at radius 1 is 0.651 bits per heavy atom. The Bertz CT molecular complexity index is 1460. The van der Waals surface area contributed by atoms with E-state index in [1.54, 1.807) is 0 Å². The van der Waals surface area contributed by atoms with E-state index in [1.165, 1.54) is 0 Å². The lowest BCUT2D eigenvalue weighted by atomic mass is 9.92. The van der Waals surface area contributed by atoms with Crippen molar-refractivity contribution in [3.8, 4) is 5.75 Å². The number of methoxy groups -OCH3 is 2. The molecule has 0 bridgehead atoms. The summed E-state index contributed by atoms with van der Waals surface area (Å²) in [7, 11) is 1.37. The lowest BCUT2D eigenvalue weighted by Crippen LogP contribution is -2.54. The monoisotopic (exact) mass is 618 g/mol. The van der Waals surface area contributed by atoms with Crippen LogP contribution in [0.2, 0.25) is 0 Å². The number of urea groups is 1. The number of ether oxygens (including phenoxy) is 3. The zero-order valence-corrected chi connectivity index (χ0v) is 22.0. The summed E-state index contributed by atoms with van der Waals surface area (Å²) in [6.45, 7) is 0. The first kappa shape index (κ1) is 32.7. The first-order valence-corrected chi connectivity index (χ1v) is 11.8. The van der Waals surface area contributed by atoms with E-state index in [1.807, 2.05) is 0 Å². The van der Waals surface area contributed by atoms with Gasteiger partial charge in [-0.05, 0) is 48.5 Å². The van der Waals surface area contributed by atoms with Gasteiger partial charge in [-0.3, -0.25) is 0 Å². The van der Waals surface area contributed by atoms with Crippen molar-refractivity contribution >= 4 is 29.3 Å². The van der Waals surface area contributed by atoms with Crippen LogP contribution in [-0.2, 0) is 30.3 Å². The van der Waals surface area contributed by atoms with Crippen molar-refractivity contribution in [3.63, 3.8) is 0 Å². The number of carbonyl (C=O) groups excluding carboxylic acids is 3. The number of hydrogen-bond acceptors (Lipinski definition) is 7. The first-order valence-electron chi connectivity index (χ1n) is 11.8. The summed E-state index contributed by atoms with van der Waals surface area (Å²) in [4.78, 5) is 36.6. The number of benzene rings is 3. The highest BCUT2D eigenvalue weighted by Crippen LogP contribution is 2.44. The van der Waals surface area contributed by atoms with Crippen LogP contribution in [0.4, 0.5) is 46.9 Å². The third kappa shape index (κ3) is 6.48. The molecule has 3 aromatic carbocycles. The summed E-state index contributed by atoms with van der Waals surface area (Å²) in [5, 5.41) is 14.5. The Balaban J connectivity index is 1.82. The van der Waals surface area contributed by atoms with Gasteiger partial charge in [0.15, 0.2) is 0 Å². The molecule has 0 spiro atoms. The lowest BCUT2D eigenvalue weighted by molar-refractivity contribution is -0.266. The molecule has 0 aliphatic carbocycles. The summed E-state index contributed by atoms with van der Waals surface area (Å²) >= 11 is 0. The highest BCUT2D eigenvalue weighted by Gasteiger charge is 2.66. The zero-order chi connectivity index (χ0) is 32.2. The Kier molecular flexibility index (Phi) is 9.24. The maximum absolute atomic E-state index is 14.4. The number of nitrogens with one attached hydrogen (secondary N) is 2. The second kappa shape index (κ2) is 12.2. The number of aliphatic hydroxyl groups is 1. The molecule has 3 rings (SSSR count). The maximum Gasteiger partial charge on any atom is 0.444 e. The normalized spacial score (nSPS) is 14.5. The third-order valence-electron chi connectivity index (χ3n) is 5.96. The van der Waals surface area contributed by atoms with Gasteiger partial charge in [0, 0.05) is 22.5 Å². The van der Waals surface area contributed by atoms with E-state index >= 15 is 0 Å². The van der Waals surface area contributed by atoms with Crippen LogP contribution < -0.4 is 15.4 Å². The SMILES string of the molecule is COC(=O)C(O)(c1ccc(NC(=O)Nc2ccc(C(Oc3ccc(F)cc3)(C(=O)OC)C(F)(F)F)cc2)cc1)C(F)(F)F. The summed E-state index contributed by atoms with van der Waals surface area (Å²) in [6, 6.07) is 9.38. The summed E-state index contributed by atoms with van der Waals surface area (Å²) in [6.07, 6.45) is -10.8. The molecule has 0 aliphatic heterocycles. The van der Waals surface area contributed by atoms with Crippen LogP contribution in [0.25, 0.3) is 0 Å². The predicted octanol–water partition coefficient (Wildman–Crippen LogP) is 5.40. The second-order valence-electron chi connectivity index (χ2n) is 8.66. The quantitative estimate of drug-likeness (QED) is 0.228. The van der Waals surface area contributed by atoms with Gasteiger partial charge in [0.2, 0.25) is 0 Å². The van der Waals surface area contributed by atoms with Gasteiger partial charge < -0.3 is 30.0 Å². The number of anilines is 2. The summed E-state index contributed by atoms with van der Waals surface area (Å²) in [5.41, 5.74) is -9.47. The van der Waals surface area contributed by atoms with Gasteiger partial charge >= 0.3 is 35.9 Å². The molecule has 3 N–H and O–H groups in total. The molecule has 0 saturated carbocycles. The molecule has 9 nitrogen and oxygen atoms in total. The van der Waals surface area contributed by atoms with Crippen molar-refractivity contribution in [2.24, 2.45) is 0 Å². The highest BCUT2D eigenvalue weighted by molar-refractivity contribution is 5.99. The van der Waals surface area contributed by atoms with Gasteiger partial charge in [0.25, 0.3) is 5.60 Å². The van der Waals surface area contributed by atoms with Crippen molar-refractivity contribution in [3.05, 3.63) is 89.7 Å². The van der Waals surface area contributed by atoms with Gasteiger partial charge in [0.05, 0.1) is 14.2 Å². The summed E-state index contributed by atoms with van der Waals surface area (Å²) in [5.74, 6) is -5.09. The van der Waals surface area contributed by atoms with Crippen LogP contribution >= 0.6 is 0 Å². The molecular weight excluding hydrogens is 597 g/mol. The Morgan fingerprint density at radius 3 is 1.49 bits per heavy atom. The average Bonchev–Trinajstić information content (AvgIpc) is 2.95. The van der Waals surface area contributed by atoms with Gasteiger partial charge in [-0.15, -0.1) is 0 Å². The number of amides is 2. The van der Waals surface area contributed by atoms with E-state index in [0.29, 0.717) is 14.2 Å². The fourth-order valence-corrected chi connectivity index (χ4v) is 3.80. The molecule has 0 fully saturated rings.